The Bertz CT molecular complexity index is 508. The zero-order valence-corrected chi connectivity index (χ0v) is 12.3. The third-order valence-electron chi connectivity index (χ3n) is 2.63. The summed E-state index contributed by atoms with van der Waals surface area (Å²) < 4.78 is 5.11. The van der Waals surface area contributed by atoms with Gasteiger partial charge in [0.1, 0.15) is 0 Å². The van der Waals surface area contributed by atoms with Crippen LogP contribution in [-0.4, -0.2) is 22.4 Å². The average molecular weight is 277 g/mol. The van der Waals surface area contributed by atoms with Crippen LogP contribution in [0, 0.1) is 6.92 Å². The van der Waals surface area contributed by atoms with Gasteiger partial charge in [-0.25, -0.2) is 0 Å². The normalized spacial score (nSPS) is 10.9. The van der Waals surface area contributed by atoms with Gasteiger partial charge < -0.3 is 9.84 Å². The molecule has 0 atom stereocenters. The highest BCUT2D eigenvalue weighted by molar-refractivity contribution is 7.99. The average Bonchev–Trinajstić information content (AvgIpc) is 2.86. The summed E-state index contributed by atoms with van der Waals surface area (Å²) in [6.07, 6.45) is 0. The maximum absolute atomic E-state index is 5.11. The Kier molecular flexibility index (Phi) is 4.85. The number of nitrogens with zero attached hydrogens (tertiary/aromatic N) is 2. The smallest absolute Gasteiger partial charge is 0.321 e. The molecule has 0 aliphatic carbocycles. The van der Waals surface area contributed by atoms with Gasteiger partial charge >= 0.3 is 6.01 Å². The fourth-order valence-corrected chi connectivity index (χ4v) is 2.27. The Morgan fingerprint density at radius 3 is 2.63 bits per heavy atom. The molecule has 0 unspecified atom stereocenters. The highest BCUT2D eigenvalue weighted by Crippen LogP contribution is 2.18. The minimum Gasteiger partial charge on any atom is -0.337 e. The molecule has 0 saturated carbocycles. The van der Waals surface area contributed by atoms with E-state index in [4.69, 9.17) is 4.52 Å². The highest BCUT2D eigenvalue weighted by atomic mass is 32.2. The topological polar surface area (TPSA) is 51.0 Å². The molecule has 1 aromatic carbocycles. The monoisotopic (exact) mass is 277 g/mol. The van der Waals surface area contributed by atoms with E-state index in [-0.39, 0.29) is 0 Å². The number of benzene rings is 1. The van der Waals surface area contributed by atoms with Gasteiger partial charge in [-0.3, -0.25) is 0 Å². The molecule has 0 spiro atoms. The van der Waals surface area contributed by atoms with E-state index in [2.05, 4.69) is 46.6 Å². The minimum absolute atomic E-state index is 0.293. The molecular formula is C14H19N3OS. The van der Waals surface area contributed by atoms with Crippen LogP contribution in [0.4, 0.5) is 6.01 Å². The maximum atomic E-state index is 5.11. The Balaban J connectivity index is 1.72. The number of hydrogen-bond acceptors (Lipinski definition) is 5. The molecule has 0 radical (unpaired) electrons. The summed E-state index contributed by atoms with van der Waals surface area (Å²) in [6.45, 7) is 6.99. The van der Waals surface area contributed by atoms with Gasteiger partial charge in [0.25, 0.3) is 0 Å². The summed E-state index contributed by atoms with van der Waals surface area (Å²) >= 11 is 1.81. The zero-order valence-electron chi connectivity index (χ0n) is 11.5. The summed E-state index contributed by atoms with van der Waals surface area (Å²) in [7, 11) is 0. The van der Waals surface area contributed by atoms with E-state index in [9.17, 15) is 0 Å². The van der Waals surface area contributed by atoms with E-state index in [1.807, 2.05) is 25.6 Å². The van der Waals surface area contributed by atoms with E-state index in [1.165, 1.54) is 10.5 Å². The van der Waals surface area contributed by atoms with Gasteiger partial charge in [0.15, 0.2) is 5.82 Å². The minimum atomic E-state index is 0.293. The predicted octanol–water partition coefficient (Wildman–Crippen LogP) is 3.71. The third kappa shape index (κ3) is 4.28. The second-order valence-corrected chi connectivity index (χ2v) is 5.87. The van der Waals surface area contributed by atoms with E-state index < -0.39 is 0 Å². The SMILES string of the molecule is Cc1ccc(SCCNc2nc(C(C)C)no2)cc1. The van der Waals surface area contributed by atoms with Gasteiger partial charge in [0.05, 0.1) is 0 Å². The lowest BCUT2D eigenvalue weighted by atomic mass is 10.2. The molecule has 0 amide bonds. The van der Waals surface area contributed by atoms with Crippen molar-refractivity contribution in [2.45, 2.75) is 31.6 Å². The Morgan fingerprint density at radius 2 is 2.00 bits per heavy atom. The Morgan fingerprint density at radius 1 is 1.26 bits per heavy atom. The second kappa shape index (κ2) is 6.61. The van der Waals surface area contributed by atoms with Crippen molar-refractivity contribution in [1.29, 1.82) is 0 Å². The standard InChI is InChI=1S/C14H19N3OS/c1-10(2)13-16-14(18-17-13)15-8-9-19-12-6-4-11(3)5-7-12/h4-7,10H,8-9H2,1-3H3,(H,15,16,17). The Hall–Kier alpha value is -1.49. The fourth-order valence-electron chi connectivity index (χ4n) is 1.50. The van der Waals surface area contributed by atoms with E-state index >= 15 is 0 Å². The number of rotatable bonds is 6. The van der Waals surface area contributed by atoms with Crippen LogP contribution in [0.2, 0.25) is 0 Å². The molecule has 102 valence electrons. The molecule has 2 aromatic rings. The van der Waals surface area contributed by atoms with Crippen molar-refractivity contribution >= 4 is 17.8 Å². The van der Waals surface area contributed by atoms with Gasteiger partial charge in [0, 0.05) is 23.1 Å². The molecule has 1 heterocycles. The Labute approximate surface area is 118 Å². The molecule has 0 aliphatic heterocycles. The maximum Gasteiger partial charge on any atom is 0.321 e. The van der Waals surface area contributed by atoms with Crippen molar-refractivity contribution in [3.8, 4) is 0 Å². The molecule has 1 N–H and O–H groups in total. The molecule has 2 rings (SSSR count). The summed E-state index contributed by atoms with van der Waals surface area (Å²) in [5.74, 6) is 2.00. The number of anilines is 1. The summed E-state index contributed by atoms with van der Waals surface area (Å²) in [4.78, 5) is 5.55. The van der Waals surface area contributed by atoms with Crippen molar-refractivity contribution in [3.63, 3.8) is 0 Å². The van der Waals surface area contributed by atoms with Crippen LogP contribution in [-0.2, 0) is 0 Å². The molecule has 5 heteroatoms. The molecule has 0 saturated heterocycles. The van der Waals surface area contributed by atoms with Crippen molar-refractivity contribution in [1.82, 2.24) is 10.1 Å². The summed E-state index contributed by atoms with van der Waals surface area (Å²) in [5, 5.41) is 7.05. The van der Waals surface area contributed by atoms with Crippen molar-refractivity contribution in [2.24, 2.45) is 0 Å². The van der Waals surface area contributed by atoms with Crippen LogP contribution in [0.1, 0.15) is 31.2 Å². The number of thioether (sulfide) groups is 1. The number of aryl methyl sites for hydroxylation is 1. The molecule has 0 fully saturated rings. The number of aromatic nitrogens is 2. The van der Waals surface area contributed by atoms with Crippen LogP contribution in [0.3, 0.4) is 0 Å². The lowest BCUT2D eigenvalue weighted by Crippen LogP contribution is -2.04. The van der Waals surface area contributed by atoms with Gasteiger partial charge in [0.2, 0.25) is 0 Å². The lowest BCUT2D eigenvalue weighted by molar-refractivity contribution is 0.420. The second-order valence-electron chi connectivity index (χ2n) is 4.70. The van der Waals surface area contributed by atoms with Crippen LogP contribution in [0.5, 0.6) is 0 Å². The largest absolute Gasteiger partial charge is 0.337 e. The van der Waals surface area contributed by atoms with Crippen LogP contribution < -0.4 is 5.32 Å². The lowest BCUT2D eigenvalue weighted by Gasteiger charge is -2.02. The summed E-state index contributed by atoms with van der Waals surface area (Å²) in [6, 6.07) is 9.05. The van der Waals surface area contributed by atoms with Gasteiger partial charge in [-0.1, -0.05) is 36.7 Å². The first-order chi connectivity index (χ1) is 9.15. The quantitative estimate of drug-likeness (QED) is 0.644. The van der Waals surface area contributed by atoms with Gasteiger partial charge in [-0.15, -0.1) is 11.8 Å². The van der Waals surface area contributed by atoms with Gasteiger partial charge in [-0.05, 0) is 19.1 Å². The van der Waals surface area contributed by atoms with Gasteiger partial charge in [-0.2, -0.15) is 4.98 Å². The molecule has 4 nitrogen and oxygen atoms in total. The van der Waals surface area contributed by atoms with Crippen molar-refractivity contribution in [2.75, 3.05) is 17.6 Å². The van der Waals surface area contributed by atoms with Crippen LogP contribution in [0.25, 0.3) is 0 Å². The first-order valence-electron chi connectivity index (χ1n) is 6.42. The van der Waals surface area contributed by atoms with E-state index in [0.29, 0.717) is 11.9 Å². The van der Waals surface area contributed by atoms with Crippen LogP contribution >= 0.6 is 11.8 Å². The van der Waals surface area contributed by atoms with Crippen LogP contribution in [0.15, 0.2) is 33.7 Å². The molecule has 1 aromatic heterocycles. The molecular weight excluding hydrogens is 258 g/mol. The first kappa shape index (κ1) is 13.9. The number of hydrogen-bond donors (Lipinski definition) is 1. The molecule has 0 aliphatic rings. The predicted molar refractivity (Wildman–Crippen MR) is 78.8 cm³/mol. The number of nitrogens with one attached hydrogen (secondary N) is 1. The molecule has 0 bridgehead atoms. The molecule has 19 heavy (non-hydrogen) atoms. The summed E-state index contributed by atoms with van der Waals surface area (Å²) in [5.41, 5.74) is 1.29. The third-order valence-corrected chi connectivity index (χ3v) is 3.64. The van der Waals surface area contributed by atoms with Crippen molar-refractivity contribution in [3.05, 3.63) is 35.7 Å². The highest BCUT2D eigenvalue weighted by Gasteiger charge is 2.08. The zero-order chi connectivity index (χ0) is 13.7. The first-order valence-corrected chi connectivity index (χ1v) is 7.40. The van der Waals surface area contributed by atoms with E-state index in [1.54, 1.807) is 0 Å². The fraction of sp³-hybridized carbons (Fsp3) is 0.429. The van der Waals surface area contributed by atoms with E-state index in [0.717, 1.165) is 18.1 Å². The van der Waals surface area contributed by atoms with Crippen molar-refractivity contribution < 1.29 is 4.52 Å².